The molecule has 4 aromatic heterocycles. The smallest absolute Gasteiger partial charge is 0.0794 e. The lowest BCUT2D eigenvalue weighted by Crippen LogP contribution is -1.94. The normalized spacial score (nSPS) is 11.6. The van der Waals surface area contributed by atoms with Crippen LogP contribution in [0.25, 0.3) is 198 Å². The highest BCUT2D eigenvalue weighted by Gasteiger charge is 2.22. The number of rotatable bonds is 8. The molecule has 0 unspecified atom stereocenters. The van der Waals surface area contributed by atoms with Crippen molar-refractivity contribution in [3.63, 3.8) is 0 Å². The predicted octanol–water partition coefficient (Wildman–Crippen LogP) is 25.8. The second-order valence-electron chi connectivity index (χ2n) is 25.9. The van der Waals surface area contributed by atoms with E-state index in [9.17, 15) is 0 Å². The van der Waals surface area contributed by atoms with Crippen molar-refractivity contribution in [2.45, 2.75) is 0 Å². The Morgan fingerprint density at radius 2 is 0.490 bits per heavy atom. The van der Waals surface area contributed by atoms with Gasteiger partial charge in [-0.05, 0) is 158 Å². The van der Waals surface area contributed by atoms with Gasteiger partial charge in [0.2, 0.25) is 0 Å². The maximum atomic E-state index is 5.48. The molecule has 0 atom stereocenters. The van der Waals surface area contributed by atoms with Gasteiger partial charge in [-0.3, -0.25) is 9.97 Å². The Balaban J connectivity index is 0.000000139. The first-order chi connectivity index (χ1) is 49.6. The maximum Gasteiger partial charge on any atom is 0.0794 e. The molecular weight excluding hydrogens is 1210 g/mol. The van der Waals surface area contributed by atoms with E-state index < -0.39 is 0 Å². The van der Waals surface area contributed by atoms with Crippen molar-refractivity contribution >= 4 is 108 Å². The van der Waals surface area contributed by atoms with Crippen LogP contribution in [-0.2, 0) is 0 Å². The van der Waals surface area contributed by atoms with E-state index in [1.807, 2.05) is 24.5 Å². The maximum absolute atomic E-state index is 5.48. The summed E-state index contributed by atoms with van der Waals surface area (Å²) >= 11 is 0. The summed E-state index contributed by atoms with van der Waals surface area (Å²) in [6.07, 6.45) is 3.76. The summed E-state index contributed by atoms with van der Waals surface area (Å²) in [5, 5.41) is 19.1. The number of aromatic nitrogens is 4. The Kier molecular flexibility index (Phi) is 14.2. The average molecular weight is 1270 g/mol. The largest absolute Gasteiger partial charge is 0.256 e. The number of fused-ring (bicyclic) bond motifs is 12. The molecule has 0 radical (unpaired) electrons. The number of hydrogen-bond donors (Lipinski definition) is 0. The molecule has 20 aromatic rings. The molecule has 0 saturated heterocycles. The third-order valence-electron chi connectivity index (χ3n) is 20.2. The van der Waals surface area contributed by atoms with Gasteiger partial charge < -0.3 is 0 Å². The van der Waals surface area contributed by atoms with Crippen molar-refractivity contribution in [1.29, 1.82) is 0 Å². The van der Waals surface area contributed by atoms with Gasteiger partial charge >= 0.3 is 0 Å². The van der Waals surface area contributed by atoms with Gasteiger partial charge in [0.25, 0.3) is 0 Å². The minimum Gasteiger partial charge on any atom is -0.256 e. The molecule has 0 spiro atoms. The van der Waals surface area contributed by atoms with Crippen LogP contribution in [-0.4, -0.2) is 19.9 Å². The monoisotopic (exact) mass is 1270 g/mol. The van der Waals surface area contributed by atoms with Gasteiger partial charge in [-0.2, -0.15) is 0 Å². The molecule has 20 rings (SSSR count). The Bertz CT molecular complexity index is 6220. The van der Waals surface area contributed by atoms with Gasteiger partial charge in [-0.1, -0.05) is 309 Å². The molecule has 0 fully saturated rings. The quantitative estimate of drug-likeness (QED) is 0.142. The van der Waals surface area contributed by atoms with E-state index in [-0.39, 0.29) is 0 Å². The standard InChI is InChI=1S/2C48H30N2/c1-3-17-36-31(11-1)13-7-22-39(36)43-29-45-44(40-23-8-14-32-12-2-4-18-37(32)40)30-46(50-48(45)42-20-6-5-19-41(42)43)34-26-24-33(25-27-34)38-21-9-15-35-16-10-28-49-47(35)38;1-3-15-35-31(11-1)13-9-20-38(35)43-29-45-44(39-21-10-14-32-12-2-4-16-36(32)39)30-47(50-48(45)42-19-6-5-17-40(42)43)34-25-23-33(24-26-34)37-27-28-49-46-22-8-7-18-41(37)46/h2*1-30H. The van der Waals surface area contributed by atoms with Gasteiger partial charge in [0.15, 0.2) is 0 Å². The number of benzene rings is 16. The zero-order valence-corrected chi connectivity index (χ0v) is 54.4. The van der Waals surface area contributed by atoms with Crippen LogP contribution in [0.3, 0.4) is 0 Å². The first-order valence-electron chi connectivity index (χ1n) is 34.1. The molecule has 0 aliphatic rings. The molecule has 0 bridgehead atoms. The molecule has 0 aliphatic carbocycles. The second kappa shape index (κ2) is 24.4. The molecule has 0 N–H and O–H groups in total. The minimum absolute atomic E-state index is 0.950. The van der Waals surface area contributed by atoms with Crippen LogP contribution in [0, 0.1) is 0 Å². The summed E-state index contributed by atoms with van der Waals surface area (Å²) in [7, 11) is 0. The predicted molar refractivity (Wildman–Crippen MR) is 423 cm³/mol. The molecular formula is C96H60N4. The SMILES string of the molecule is c1ccc2c(-c3cc4c(-c5cccc6ccccc56)cc(-c5ccc(-c6cccc7cccnc67)cc5)nc4c4ccccc34)cccc2c1.c1ccc2c(-c3cc4c(-c5cccc6ccccc56)cc(-c5ccc(-c6ccnc7ccccc67)cc5)nc4c4ccccc34)cccc2c1. The Hall–Kier alpha value is -13.3. The van der Waals surface area contributed by atoms with E-state index in [4.69, 9.17) is 15.0 Å². The molecule has 4 nitrogen and oxygen atoms in total. The zero-order valence-electron chi connectivity index (χ0n) is 54.4. The van der Waals surface area contributed by atoms with Gasteiger partial charge in [0, 0.05) is 61.4 Å². The minimum atomic E-state index is 0.950. The van der Waals surface area contributed by atoms with E-state index in [1.54, 1.807) is 0 Å². The lowest BCUT2D eigenvalue weighted by molar-refractivity contribution is 1.40. The molecule has 0 saturated carbocycles. The third-order valence-corrected chi connectivity index (χ3v) is 20.2. The van der Waals surface area contributed by atoms with Crippen LogP contribution in [0.1, 0.15) is 0 Å². The molecule has 0 aliphatic heterocycles. The van der Waals surface area contributed by atoms with E-state index in [0.29, 0.717) is 0 Å². The zero-order chi connectivity index (χ0) is 66.0. The molecule has 0 amide bonds. The summed E-state index contributed by atoms with van der Waals surface area (Å²) in [5.74, 6) is 0. The summed E-state index contributed by atoms with van der Waals surface area (Å²) in [4.78, 5) is 20.2. The Labute approximate surface area is 578 Å². The summed E-state index contributed by atoms with van der Waals surface area (Å²) < 4.78 is 0. The molecule has 4 heterocycles. The van der Waals surface area contributed by atoms with Gasteiger partial charge in [-0.15, -0.1) is 0 Å². The Morgan fingerprint density at radius 3 is 0.940 bits per heavy atom. The highest BCUT2D eigenvalue weighted by molar-refractivity contribution is 6.21. The summed E-state index contributed by atoms with van der Waals surface area (Å²) in [6, 6.07) is 127. The third kappa shape index (κ3) is 10.1. The second-order valence-corrected chi connectivity index (χ2v) is 25.9. The van der Waals surface area contributed by atoms with Crippen molar-refractivity contribution < 1.29 is 0 Å². The molecule has 100 heavy (non-hydrogen) atoms. The van der Waals surface area contributed by atoms with Crippen molar-refractivity contribution in [2.75, 3.05) is 0 Å². The van der Waals surface area contributed by atoms with Crippen LogP contribution in [0.4, 0.5) is 0 Å². The number of pyridine rings is 4. The van der Waals surface area contributed by atoms with Crippen LogP contribution in [0.15, 0.2) is 364 Å². The van der Waals surface area contributed by atoms with Crippen LogP contribution in [0.5, 0.6) is 0 Å². The number of nitrogens with zero attached hydrogens (tertiary/aromatic N) is 4. The van der Waals surface area contributed by atoms with Crippen molar-refractivity contribution in [3.05, 3.63) is 364 Å². The number of para-hydroxylation sites is 2. The Morgan fingerprint density at radius 1 is 0.160 bits per heavy atom. The van der Waals surface area contributed by atoms with Crippen molar-refractivity contribution in [1.82, 2.24) is 19.9 Å². The van der Waals surface area contributed by atoms with E-state index in [2.05, 4.69) is 345 Å². The highest BCUT2D eigenvalue weighted by Crippen LogP contribution is 2.47. The fourth-order valence-corrected chi connectivity index (χ4v) is 15.5. The fourth-order valence-electron chi connectivity index (χ4n) is 15.5. The van der Waals surface area contributed by atoms with Crippen LogP contribution < -0.4 is 0 Å². The lowest BCUT2D eigenvalue weighted by Gasteiger charge is -2.17. The van der Waals surface area contributed by atoms with Gasteiger partial charge in [-0.25, -0.2) is 9.97 Å². The molecule has 4 heteroatoms. The van der Waals surface area contributed by atoms with Crippen LogP contribution in [0.2, 0.25) is 0 Å². The van der Waals surface area contributed by atoms with Crippen molar-refractivity contribution in [3.8, 4) is 89.3 Å². The molecule has 464 valence electrons. The summed E-state index contributed by atoms with van der Waals surface area (Å²) in [5.41, 5.74) is 22.3. The first kappa shape index (κ1) is 58.1. The van der Waals surface area contributed by atoms with E-state index in [0.717, 1.165) is 93.6 Å². The fraction of sp³-hybridized carbons (Fsp3) is 0. The van der Waals surface area contributed by atoms with E-state index in [1.165, 1.54) is 104 Å². The summed E-state index contributed by atoms with van der Waals surface area (Å²) in [6.45, 7) is 0. The van der Waals surface area contributed by atoms with Crippen molar-refractivity contribution in [2.24, 2.45) is 0 Å². The average Bonchev–Trinajstić information content (AvgIpc) is 0.738. The highest BCUT2D eigenvalue weighted by atomic mass is 14.7. The van der Waals surface area contributed by atoms with E-state index >= 15 is 0 Å². The number of hydrogen-bond acceptors (Lipinski definition) is 4. The topological polar surface area (TPSA) is 51.6 Å². The van der Waals surface area contributed by atoms with Gasteiger partial charge in [0.05, 0.1) is 33.5 Å². The van der Waals surface area contributed by atoms with Gasteiger partial charge in [0.1, 0.15) is 0 Å². The lowest BCUT2D eigenvalue weighted by atomic mass is 9.88. The molecule has 16 aromatic carbocycles. The first-order valence-corrected chi connectivity index (χ1v) is 34.1. The van der Waals surface area contributed by atoms with Crippen LogP contribution >= 0.6 is 0 Å².